The number of hydrogen-bond donors (Lipinski definition) is 3. The van der Waals surface area contributed by atoms with E-state index in [1.165, 1.54) is 21.0 Å². The smallest absolute Gasteiger partial charge is 0.328 e. The molecule has 3 N–H and O–H groups in total. The SMILES string of the molecule is CC1CN(c2nc(Nc3ccc4c(c3)n(CCC(C)(C)O)c(=O)n4C)c(F)cc2C#N)CC(O)C1(F)F. The van der Waals surface area contributed by atoms with E-state index >= 15 is 0 Å². The van der Waals surface area contributed by atoms with Gasteiger partial charge in [0.2, 0.25) is 0 Å². The Kier molecular flexibility index (Phi) is 6.73. The second kappa shape index (κ2) is 9.39. The Hall–Kier alpha value is -3.56. The molecule has 9 nitrogen and oxygen atoms in total. The molecule has 1 fully saturated rings. The molecule has 0 radical (unpaired) electrons. The topological polar surface area (TPSA) is 119 Å². The van der Waals surface area contributed by atoms with Gasteiger partial charge in [0.15, 0.2) is 11.6 Å². The molecular weight excluding hydrogens is 489 g/mol. The number of aromatic nitrogens is 3. The number of alkyl halides is 2. The maximum Gasteiger partial charge on any atom is 0.328 e. The lowest BCUT2D eigenvalue weighted by Gasteiger charge is -2.40. The zero-order valence-electron chi connectivity index (χ0n) is 21.0. The van der Waals surface area contributed by atoms with Crippen LogP contribution in [0.2, 0.25) is 0 Å². The van der Waals surface area contributed by atoms with Crippen LogP contribution in [0.3, 0.4) is 0 Å². The largest absolute Gasteiger partial charge is 0.390 e. The third-order valence-electron chi connectivity index (χ3n) is 6.72. The lowest BCUT2D eigenvalue weighted by molar-refractivity contribution is -0.149. The van der Waals surface area contributed by atoms with Gasteiger partial charge in [-0.2, -0.15) is 5.26 Å². The van der Waals surface area contributed by atoms with Crippen molar-refractivity contribution < 1.29 is 23.4 Å². The molecule has 37 heavy (non-hydrogen) atoms. The van der Waals surface area contributed by atoms with E-state index in [9.17, 15) is 33.4 Å². The van der Waals surface area contributed by atoms with E-state index in [1.54, 1.807) is 39.1 Å². The first-order chi connectivity index (χ1) is 17.2. The number of hydrogen-bond acceptors (Lipinski definition) is 7. The number of aliphatic hydroxyl groups excluding tert-OH is 1. The molecule has 198 valence electrons. The van der Waals surface area contributed by atoms with E-state index in [4.69, 9.17) is 0 Å². The number of aryl methyl sites for hydroxylation is 2. The van der Waals surface area contributed by atoms with E-state index in [1.807, 2.05) is 6.07 Å². The quantitative estimate of drug-likeness (QED) is 0.459. The molecule has 1 aliphatic rings. The van der Waals surface area contributed by atoms with Crippen molar-refractivity contribution in [3.05, 3.63) is 46.1 Å². The van der Waals surface area contributed by atoms with Gasteiger partial charge in [0.25, 0.3) is 5.92 Å². The van der Waals surface area contributed by atoms with E-state index < -0.39 is 35.9 Å². The number of aliphatic hydroxyl groups is 2. The fourth-order valence-electron chi connectivity index (χ4n) is 4.48. The van der Waals surface area contributed by atoms with Crippen LogP contribution in [0.25, 0.3) is 11.0 Å². The van der Waals surface area contributed by atoms with Gasteiger partial charge in [0.1, 0.15) is 18.0 Å². The van der Waals surface area contributed by atoms with Gasteiger partial charge in [-0.1, -0.05) is 6.92 Å². The Labute approximate surface area is 211 Å². The molecule has 1 saturated heterocycles. The van der Waals surface area contributed by atoms with Gasteiger partial charge < -0.3 is 20.4 Å². The maximum absolute atomic E-state index is 14.9. The summed E-state index contributed by atoms with van der Waals surface area (Å²) in [5.74, 6) is -5.60. The first-order valence-electron chi connectivity index (χ1n) is 11.8. The number of nitrogens with zero attached hydrogens (tertiary/aromatic N) is 5. The van der Waals surface area contributed by atoms with E-state index in [0.29, 0.717) is 23.1 Å². The number of nitrogens with one attached hydrogen (secondary N) is 1. The van der Waals surface area contributed by atoms with Crippen molar-refractivity contribution in [3.63, 3.8) is 0 Å². The van der Waals surface area contributed by atoms with Gasteiger partial charge in [-0.05, 0) is 44.5 Å². The number of pyridine rings is 1. The first kappa shape index (κ1) is 26.5. The zero-order chi connectivity index (χ0) is 27.3. The van der Waals surface area contributed by atoms with Crippen molar-refractivity contribution in [2.24, 2.45) is 13.0 Å². The number of imidazole rings is 1. The summed E-state index contributed by atoms with van der Waals surface area (Å²) in [5.41, 5.74) is 0.203. The molecule has 0 bridgehead atoms. The monoisotopic (exact) mass is 518 g/mol. The molecule has 2 atom stereocenters. The predicted octanol–water partition coefficient (Wildman–Crippen LogP) is 3.10. The Bertz CT molecular complexity index is 1420. The highest BCUT2D eigenvalue weighted by Crippen LogP contribution is 2.36. The number of fused-ring (bicyclic) bond motifs is 1. The standard InChI is InChI=1S/C25H29F3N6O3/c1-14-12-33(13-20(35)25(14,27)28)22-15(11-29)9-17(26)21(31-22)30-16-5-6-18-19(10-16)34(23(36)32(18)4)8-7-24(2,3)37/h5-6,9-10,14,20,35,37H,7-8,12-13H2,1-4H3,(H,30,31). The van der Waals surface area contributed by atoms with Crippen LogP contribution in [0.15, 0.2) is 29.1 Å². The normalized spacial score (nSPS) is 19.7. The lowest BCUT2D eigenvalue weighted by atomic mass is 9.93. The summed E-state index contributed by atoms with van der Waals surface area (Å²) in [5, 5.41) is 32.4. The van der Waals surface area contributed by atoms with Crippen LogP contribution in [0.4, 0.5) is 30.5 Å². The number of anilines is 3. The van der Waals surface area contributed by atoms with Crippen molar-refractivity contribution in [2.75, 3.05) is 23.3 Å². The fraction of sp³-hybridized carbons (Fsp3) is 0.480. The molecule has 12 heteroatoms. The van der Waals surface area contributed by atoms with Crippen molar-refractivity contribution in [2.45, 2.75) is 51.4 Å². The number of rotatable bonds is 6. The number of nitriles is 1. The average Bonchev–Trinajstić information content (AvgIpc) is 3.05. The lowest BCUT2D eigenvalue weighted by Crippen LogP contribution is -2.56. The Morgan fingerprint density at radius 1 is 1.27 bits per heavy atom. The minimum Gasteiger partial charge on any atom is -0.390 e. The van der Waals surface area contributed by atoms with Crippen LogP contribution in [-0.2, 0) is 13.6 Å². The Balaban J connectivity index is 1.70. The van der Waals surface area contributed by atoms with Gasteiger partial charge in [-0.3, -0.25) is 9.13 Å². The second-order valence-electron chi connectivity index (χ2n) is 10.2. The van der Waals surface area contributed by atoms with Crippen molar-refractivity contribution >= 4 is 28.4 Å². The van der Waals surface area contributed by atoms with Gasteiger partial charge >= 0.3 is 5.69 Å². The van der Waals surface area contributed by atoms with Crippen LogP contribution < -0.4 is 15.9 Å². The summed E-state index contributed by atoms with van der Waals surface area (Å²) in [4.78, 5) is 18.3. The Morgan fingerprint density at radius 2 is 1.97 bits per heavy atom. The molecule has 1 aromatic carbocycles. The summed E-state index contributed by atoms with van der Waals surface area (Å²) in [6, 6.07) is 7.77. The van der Waals surface area contributed by atoms with Gasteiger partial charge in [0.05, 0.1) is 28.7 Å². The van der Waals surface area contributed by atoms with Crippen LogP contribution in [0.5, 0.6) is 0 Å². The van der Waals surface area contributed by atoms with Gasteiger partial charge in [0, 0.05) is 31.7 Å². The van der Waals surface area contributed by atoms with E-state index in [0.717, 1.165) is 6.07 Å². The van der Waals surface area contributed by atoms with Crippen LogP contribution in [-0.4, -0.2) is 55.0 Å². The summed E-state index contributed by atoms with van der Waals surface area (Å²) < 4.78 is 46.2. The number of benzene rings is 1. The van der Waals surface area contributed by atoms with Gasteiger partial charge in [-0.25, -0.2) is 22.9 Å². The third kappa shape index (κ3) is 5.01. The van der Waals surface area contributed by atoms with Gasteiger partial charge in [-0.15, -0.1) is 0 Å². The summed E-state index contributed by atoms with van der Waals surface area (Å²) in [7, 11) is 1.63. The number of β-amino-alcohol motifs (C(OH)–C–C–N with tert-alkyl or cyclic N) is 1. The number of piperidine rings is 1. The molecule has 2 aromatic heterocycles. The molecule has 3 heterocycles. The summed E-state index contributed by atoms with van der Waals surface area (Å²) >= 11 is 0. The molecule has 1 aliphatic heterocycles. The molecule has 4 rings (SSSR count). The molecular formula is C25H29F3N6O3. The van der Waals surface area contributed by atoms with Crippen LogP contribution in [0, 0.1) is 23.1 Å². The van der Waals surface area contributed by atoms with Crippen molar-refractivity contribution in [1.29, 1.82) is 5.26 Å². The zero-order valence-corrected chi connectivity index (χ0v) is 21.0. The highest BCUT2D eigenvalue weighted by Gasteiger charge is 2.49. The molecule has 0 saturated carbocycles. The number of halogens is 3. The van der Waals surface area contributed by atoms with Crippen LogP contribution >= 0.6 is 0 Å². The maximum atomic E-state index is 14.9. The molecule has 0 spiro atoms. The first-order valence-corrected chi connectivity index (χ1v) is 11.8. The van der Waals surface area contributed by atoms with Crippen LogP contribution in [0.1, 0.15) is 32.8 Å². The molecule has 0 amide bonds. The molecule has 3 aromatic rings. The minimum atomic E-state index is -3.30. The predicted molar refractivity (Wildman–Crippen MR) is 133 cm³/mol. The van der Waals surface area contributed by atoms with Crippen molar-refractivity contribution in [3.8, 4) is 6.07 Å². The summed E-state index contributed by atoms with van der Waals surface area (Å²) in [6.07, 6.45) is -1.63. The van der Waals surface area contributed by atoms with E-state index in [-0.39, 0.29) is 36.0 Å². The highest BCUT2D eigenvalue weighted by atomic mass is 19.3. The van der Waals surface area contributed by atoms with Crippen molar-refractivity contribution in [1.82, 2.24) is 14.1 Å². The molecule has 2 unspecified atom stereocenters. The Morgan fingerprint density at radius 3 is 2.59 bits per heavy atom. The third-order valence-corrected chi connectivity index (χ3v) is 6.72. The fourth-order valence-corrected chi connectivity index (χ4v) is 4.48. The van der Waals surface area contributed by atoms with E-state index in [2.05, 4.69) is 10.3 Å². The second-order valence-corrected chi connectivity index (χ2v) is 10.2. The molecule has 0 aliphatic carbocycles. The average molecular weight is 519 g/mol. The minimum absolute atomic E-state index is 0.0179. The summed E-state index contributed by atoms with van der Waals surface area (Å²) in [6.45, 7) is 4.20. The highest BCUT2D eigenvalue weighted by molar-refractivity contribution is 5.81.